The minimum atomic E-state index is -3.23. The van der Waals surface area contributed by atoms with E-state index in [0.717, 1.165) is 17.2 Å². The smallest absolute Gasteiger partial charge is 0.277 e. The molecule has 0 spiro atoms. The van der Waals surface area contributed by atoms with E-state index in [2.05, 4.69) is 14.7 Å². The minimum absolute atomic E-state index is 0.0323. The van der Waals surface area contributed by atoms with Crippen molar-refractivity contribution in [3.05, 3.63) is 26.7 Å². The molecule has 0 radical (unpaired) electrons. The van der Waals surface area contributed by atoms with E-state index in [1.54, 1.807) is 0 Å². The first-order valence-electron chi connectivity index (χ1n) is 9.15. The van der Waals surface area contributed by atoms with E-state index in [0.29, 0.717) is 47.1 Å². The fourth-order valence-electron chi connectivity index (χ4n) is 2.64. The lowest BCUT2D eigenvalue weighted by Gasteiger charge is -2.15. The predicted octanol–water partition coefficient (Wildman–Crippen LogP) is 1.05. The summed E-state index contributed by atoms with van der Waals surface area (Å²) in [6, 6.07) is 0. The molecule has 0 saturated carbocycles. The molecular weight excluding hydrogens is 402 g/mol. The summed E-state index contributed by atoms with van der Waals surface area (Å²) in [6.45, 7) is 6.63. The van der Waals surface area contributed by atoms with Gasteiger partial charge in [0.2, 0.25) is 10.0 Å². The summed E-state index contributed by atoms with van der Waals surface area (Å²) < 4.78 is 27.4. The average Bonchev–Trinajstić information content (AvgIpc) is 2.61. The molecule has 11 heteroatoms. The molecule has 0 aromatic carbocycles. The summed E-state index contributed by atoms with van der Waals surface area (Å²) in [7, 11) is -1.77. The number of rotatable bonds is 9. The van der Waals surface area contributed by atoms with Gasteiger partial charge in [-0.05, 0) is 12.8 Å². The molecule has 0 unspecified atom stereocenters. The van der Waals surface area contributed by atoms with Crippen LogP contribution in [0.4, 0.5) is 0 Å². The standard InChI is InChI=1S/C17H27N5O4S2/c1-6-9-22-14-12(16(23)21(4)17(22)24)15(20-13(19-14)11(2)3)27-10-7-8-18-28(5,25)26/h11,18H,6-10H2,1-5H3. The van der Waals surface area contributed by atoms with Gasteiger partial charge < -0.3 is 0 Å². The van der Waals surface area contributed by atoms with Gasteiger partial charge in [-0.3, -0.25) is 13.9 Å². The number of sulfonamides is 1. The quantitative estimate of drug-likeness (QED) is 0.360. The van der Waals surface area contributed by atoms with Crippen LogP contribution in [0.1, 0.15) is 45.4 Å². The van der Waals surface area contributed by atoms with Gasteiger partial charge in [-0.2, -0.15) is 0 Å². The molecule has 0 aliphatic carbocycles. The van der Waals surface area contributed by atoms with Gasteiger partial charge in [0.15, 0.2) is 5.65 Å². The summed E-state index contributed by atoms with van der Waals surface area (Å²) >= 11 is 1.37. The predicted molar refractivity (Wildman–Crippen MR) is 112 cm³/mol. The highest BCUT2D eigenvalue weighted by Crippen LogP contribution is 2.25. The van der Waals surface area contributed by atoms with Crippen molar-refractivity contribution >= 4 is 32.8 Å². The fourth-order valence-corrected chi connectivity index (χ4v) is 4.12. The van der Waals surface area contributed by atoms with E-state index in [4.69, 9.17) is 0 Å². The van der Waals surface area contributed by atoms with Gasteiger partial charge >= 0.3 is 5.69 Å². The van der Waals surface area contributed by atoms with Crippen molar-refractivity contribution in [2.45, 2.75) is 51.1 Å². The van der Waals surface area contributed by atoms with Crippen molar-refractivity contribution < 1.29 is 8.42 Å². The van der Waals surface area contributed by atoms with Crippen LogP contribution in [0.3, 0.4) is 0 Å². The van der Waals surface area contributed by atoms with Gasteiger partial charge in [-0.15, -0.1) is 11.8 Å². The summed E-state index contributed by atoms with van der Waals surface area (Å²) in [4.78, 5) is 34.5. The zero-order chi connectivity index (χ0) is 21.1. The molecule has 0 bridgehead atoms. The van der Waals surface area contributed by atoms with E-state index in [1.807, 2.05) is 20.8 Å². The fraction of sp³-hybridized carbons (Fsp3) is 0.647. The first kappa shape index (κ1) is 22.6. The van der Waals surface area contributed by atoms with Crippen LogP contribution >= 0.6 is 11.8 Å². The Bertz CT molecular complexity index is 1070. The number of hydrogen-bond acceptors (Lipinski definition) is 7. The Morgan fingerprint density at radius 1 is 1.21 bits per heavy atom. The molecule has 2 aromatic heterocycles. The van der Waals surface area contributed by atoms with Crippen LogP contribution < -0.4 is 16.0 Å². The Kier molecular flexibility index (Phi) is 7.40. The average molecular weight is 430 g/mol. The van der Waals surface area contributed by atoms with Crippen molar-refractivity contribution in [2.24, 2.45) is 7.05 Å². The summed E-state index contributed by atoms with van der Waals surface area (Å²) in [5, 5.41) is 0.861. The van der Waals surface area contributed by atoms with Crippen LogP contribution in [-0.2, 0) is 23.6 Å². The van der Waals surface area contributed by atoms with Crippen LogP contribution in [0.25, 0.3) is 11.0 Å². The zero-order valence-corrected chi connectivity index (χ0v) is 18.5. The second-order valence-corrected chi connectivity index (χ2v) is 9.82. The second-order valence-electron chi connectivity index (χ2n) is 6.91. The van der Waals surface area contributed by atoms with Crippen molar-refractivity contribution in [3.8, 4) is 0 Å². The third-order valence-corrected chi connectivity index (χ3v) is 5.84. The molecule has 28 heavy (non-hydrogen) atoms. The van der Waals surface area contributed by atoms with Gasteiger partial charge in [0.05, 0.1) is 6.26 Å². The van der Waals surface area contributed by atoms with Crippen LogP contribution in [-0.4, -0.2) is 46.1 Å². The Hall–Kier alpha value is -1.72. The van der Waals surface area contributed by atoms with Crippen LogP contribution in [0.2, 0.25) is 0 Å². The molecule has 1 N–H and O–H groups in total. The third kappa shape index (κ3) is 5.21. The first-order valence-corrected chi connectivity index (χ1v) is 12.0. The number of thioether (sulfide) groups is 1. The summed E-state index contributed by atoms with van der Waals surface area (Å²) in [5.41, 5.74) is -0.439. The highest BCUT2D eigenvalue weighted by molar-refractivity contribution is 7.99. The van der Waals surface area contributed by atoms with Gasteiger partial charge in [0.25, 0.3) is 5.56 Å². The van der Waals surface area contributed by atoms with Crippen molar-refractivity contribution in [1.82, 2.24) is 23.8 Å². The van der Waals surface area contributed by atoms with E-state index >= 15 is 0 Å². The Balaban J connectivity index is 2.51. The first-order chi connectivity index (χ1) is 13.1. The monoisotopic (exact) mass is 429 g/mol. The maximum Gasteiger partial charge on any atom is 0.332 e. The maximum absolute atomic E-state index is 12.8. The molecule has 2 heterocycles. The minimum Gasteiger partial charge on any atom is -0.277 e. The van der Waals surface area contributed by atoms with Crippen LogP contribution in [0, 0.1) is 0 Å². The highest BCUT2D eigenvalue weighted by Gasteiger charge is 2.19. The van der Waals surface area contributed by atoms with E-state index in [1.165, 1.54) is 23.4 Å². The Labute approximate surface area is 168 Å². The molecular formula is C17H27N5O4S2. The molecule has 0 saturated heterocycles. The molecule has 0 amide bonds. The zero-order valence-electron chi connectivity index (χ0n) is 16.9. The largest absolute Gasteiger partial charge is 0.332 e. The molecule has 2 rings (SSSR count). The van der Waals surface area contributed by atoms with Gasteiger partial charge in [0, 0.05) is 31.8 Å². The van der Waals surface area contributed by atoms with Crippen molar-refractivity contribution in [3.63, 3.8) is 0 Å². The molecule has 0 aliphatic heterocycles. The molecule has 0 fully saturated rings. The molecule has 0 atom stereocenters. The van der Waals surface area contributed by atoms with Crippen molar-refractivity contribution in [2.75, 3.05) is 18.6 Å². The summed E-state index contributed by atoms with van der Waals surface area (Å²) in [5.74, 6) is 1.18. The molecule has 156 valence electrons. The number of aromatic nitrogens is 4. The second kappa shape index (κ2) is 9.19. The van der Waals surface area contributed by atoms with E-state index in [-0.39, 0.29) is 11.6 Å². The number of hydrogen-bond donors (Lipinski definition) is 1. The topological polar surface area (TPSA) is 116 Å². The Morgan fingerprint density at radius 3 is 2.46 bits per heavy atom. The van der Waals surface area contributed by atoms with Gasteiger partial charge in [-0.1, -0.05) is 20.8 Å². The number of nitrogens with one attached hydrogen (secondary N) is 1. The summed E-state index contributed by atoms with van der Waals surface area (Å²) in [6.07, 6.45) is 2.42. The van der Waals surface area contributed by atoms with Crippen LogP contribution in [0.5, 0.6) is 0 Å². The van der Waals surface area contributed by atoms with Gasteiger partial charge in [-0.25, -0.2) is 27.9 Å². The van der Waals surface area contributed by atoms with Crippen molar-refractivity contribution in [1.29, 1.82) is 0 Å². The molecule has 0 aliphatic rings. The lowest BCUT2D eigenvalue weighted by molar-refractivity contribution is 0.587. The van der Waals surface area contributed by atoms with Crippen LogP contribution in [0.15, 0.2) is 14.6 Å². The number of aryl methyl sites for hydroxylation is 1. The normalized spacial score (nSPS) is 12.2. The number of fused-ring (bicyclic) bond motifs is 1. The SMILES string of the molecule is CCCn1c(=O)n(C)c(=O)c2c(SCCCNS(C)(=O)=O)nc(C(C)C)nc21. The molecule has 9 nitrogen and oxygen atoms in total. The van der Waals surface area contributed by atoms with Gasteiger partial charge in [0.1, 0.15) is 16.2 Å². The highest BCUT2D eigenvalue weighted by atomic mass is 32.2. The molecule has 2 aromatic rings. The maximum atomic E-state index is 12.8. The van der Waals surface area contributed by atoms with E-state index < -0.39 is 15.6 Å². The van der Waals surface area contributed by atoms with E-state index in [9.17, 15) is 18.0 Å². The third-order valence-electron chi connectivity index (χ3n) is 4.05. The Morgan fingerprint density at radius 2 is 1.89 bits per heavy atom. The lowest BCUT2D eigenvalue weighted by Crippen LogP contribution is -2.39. The lowest BCUT2D eigenvalue weighted by atomic mass is 10.2. The number of nitrogens with zero attached hydrogens (tertiary/aromatic N) is 4.